The van der Waals surface area contributed by atoms with Gasteiger partial charge >= 0.3 is 0 Å². The number of fused-ring (bicyclic) bond motifs is 2. The molecule has 1 aromatic carbocycles. The monoisotopic (exact) mass is 792 g/mol. The second kappa shape index (κ2) is 17.4. The fourth-order valence-corrected chi connectivity index (χ4v) is 8.57. The summed E-state index contributed by atoms with van der Waals surface area (Å²) in [5, 5.41) is 9.88. The third-order valence-electron chi connectivity index (χ3n) is 11.4. The van der Waals surface area contributed by atoms with Crippen LogP contribution in [0.5, 0.6) is 0 Å². The van der Waals surface area contributed by atoms with Crippen LogP contribution in [0.2, 0.25) is 0 Å². The Bertz CT molecular complexity index is 1950. The number of benzene rings is 1. The lowest BCUT2D eigenvalue weighted by Crippen LogP contribution is -2.56. The van der Waals surface area contributed by atoms with Gasteiger partial charge in [0.1, 0.15) is 5.69 Å². The molecule has 0 amide bonds. The summed E-state index contributed by atoms with van der Waals surface area (Å²) in [6.45, 7) is 9.57. The number of pyridine rings is 2. The van der Waals surface area contributed by atoms with Gasteiger partial charge in [0.15, 0.2) is 10.2 Å². The Labute approximate surface area is 340 Å². The van der Waals surface area contributed by atoms with E-state index in [1.54, 1.807) is 0 Å². The predicted octanol–water partition coefficient (Wildman–Crippen LogP) is 3.01. The third-order valence-corrected chi connectivity index (χ3v) is 12.1. The van der Waals surface area contributed by atoms with Crippen molar-refractivity contribution < 1.29 is 0 Å². The minimum atomic E-state index is 0.122. The number of rotatable bonds is 8. The highest BCUT2D eigenvalue weighted by Gasteiger charge is 2.28. The highest BCUT2D eigenvalue weighted by Crippen LogP contribution is 2.30. The van der Waals surface area contributed by atoms with Gasteiger partial charge in [-0.1, -0.05) is 6.08 Å². The topological polar surface area (TPSA) is 132 Å². The van der Waals surface area contributed by atoms with Crippen molar-refractivity contribution in [3.8, 4) is 0 Å². The van der Waals surface area contributed by atoms with Crippen LogP contribution in [0.15, 0.2) is 90.0 Å². The van der Waals surface area contributed by atoms with Gasteiger partial charge in [0.2, 0.25) is 0 Å². The van der Waals surface area contributed by atoms with Crippen LogP contribution in [0.3, 0.4) is 0 Å². The fraction of sp³-hybridized carbons (Fsp3) is 0.425. The van der Waals surface area contributed by atoms with Crippen molar-refractivity contribution in [2.24, 2.45) is 5.10 Å². The van der Waals surface area contributed by atoms with Crippen molar-refractivity contribution >= 4 is 63.1 Å². The van der Waals surface area contributed by atoms with E-state index in [0.717, 1.165) is 124 Å². The van der Waals surface area contributed by atoms with Crippen molar-refractivity contribution in [2.75, 3.05) is 99.6 Å². The van der Waals surface area contributed by atoms with Crippen molar-refractivity contribution in [1.82, 2.24) is 46.3 Å². The van der Waals surface area contributed by atoms with Gasteiger partial charge in [-0.25, -0.2) is 5.43 Å². The van der Waals surface area contributed by atoms with E-state index in [1.165, 1.54) is 11.4 Å². The van der Waals surface area contributed by atoms with Crippen LogP contribution in [-0.4, -0.2) is 126 Å². The first kappa shape index (κ1) is 37.9. The second-order valence-electron chi connectivity index (χ2n) is 14.9. The minimum absolute atomic E-state index is 0.122. The molecule has 0 radical (unpaired) electrons. The number of hydrogen-bond acceptors (Lipinski definition) is 12. The number of hydrazine groups is 1. The smallest absolute Gasteiger partial charge is 0.189 e. The quantitative estimate of drug-likeness (QED) is 0.130. The molecule has 1 aliphatic carbocycles. The van der Waals surface area contributed by atoms with E-state index in [0.29, 0.717) is 17.8 Å². The lowest BCUT2D eigenvalue weighted by atomic mass is 10.0. The molecule has 0 saturated carbocycles. The summed E-state index contributed by atoms with van der Waals surface area (Å²) in [6, 6.07) is 16.8. The molecule has 0 bridgehead atoms. The van der Waals surface area contributed by atoms with E-state index in [-0.39, 0.29) is 6.04 Å². The van der Waals surface area contributed by atoms with Crippen molar-refractivity contribution in [1.29, 1.82) is 0 Å². The summed E-state index contributed by atoms with van der Waals surface area (Å²) in [7, 11) is 2.12. The minimum Gasteiger partial charge on any atom is -0.399 e. The summed E-state index contributed by atoms with van der Waals surface area (Å²) < 4.78 is 0. The van der Waals surface area contributed by atoms with Crippen molar-refractivity contribution in [3.63, 3.8) is 0 Å². The molecule has 16 heteroatoms. The van der Waals surface area contributed by atoms with Crippen molar-refractivity contribution in [2.45, 2.75) is 31.3 Å². The SMILES string of the molecule is CN1CCC(NNC(=S)N2CCN(C3C=C(NCN4CC/C(=N/NC(=S)N5CCN(c6ccc(N)cc6)CC5)c5ncccc54)C=CC3)CC2)c2ncccc21. The van der Waals surface area contributed by atoms with Gasteiger partial charge in [-0.2, -0.15) is 5.10 Å². The fourth-order valence-electron chi connectivity index (χ4n) is 8.10. The number of anilines is 4. The van der Waals surface area contributed by atoms with Crippen LogP contribution in [0.25, 0.3) is 0 Å². The molecule has 2 atom stereocenters. The van der Waals surface area contributed by atoms with E-state index >= 15 is 0 Å². The molecular formula is C40H52N14S2. The molecule has 294 valence electrons. The average molecular weight is 793 g/mol. The molecule has 0 spiro atoms. The summed E-state index contributed by atoms with van der Waals surface area (Å²) in [6.07, 6.45) is 13.3. The van der Waals surface area contributed by atoms with E-state index in [9.17, 15) is 0 Å². The Morgan fingerprint density at radius 2 is 1.59 bits per heavy atom. The molecule has 6 N–H and O–H groups in total. The number of hydrogen-bond donors (Lipinski definition) is 5. The molecule has 6 heterocycles. The standard InChI is InChI=1S/C40H52N14S2/c1-49-17-13-33(37-35(49)7-3-15-42-37)45-47-39(55)53-25-21-51(22-26-53)32-6-2-5-30(27-32)44-28-54-18-14-34(38-36(54)8-4-16-43-38)46-48-40(56)52-23-19-50(20-24-52)31-11-9-29(41)10-12-31/h2-5,7-12,15-16,27,32-33,44-45H,6,13-14,17-26,28,41H2,1H3,(H,47,55)(H,48,56)/b46-34-. The number of nitrogens with one attached hydrogen (secondary N) is 4. The number of aromatic nitrogens is 2. The largest absolute Gasteiger partial charge is 0.399 e. The van der Waals surface area contributed by atoms with Gasteiger partial charge in [0.25, 0.3) is 0 Å². The predicted molar refractivity (Wildman–Crippen MR) is 234 cm³/mol. The van der Waals surface area contributed by atoms with Crippen LogP contribution >= 0.6 is 24.4 Å². The Morgan fingerprint density at radius 1 is 0.857 bits per heavy atom. The van der Waals surface area contributed by atoms with Gasteiger partial charge in [-0.15, -0.1) is 0 Å². The first-order valence-corrected chi connectivity index (χ1v) is 20.5. The molecule has 2 aromatic heterocycles. The van der Waals surface area contributed by atoms with E-state index in [2.05, 4.69) is 106 Å². The third kappa shape index (κ3) is 8.68. The van der Waals surface area contributed by atoms with Gasteiger partial charge < -0.3 is 35.6 Å². The highest BCUT2D eigenvalue weighted by atomic mass is 32.1. The maximum atomic E-state index is 5.87. The Kier molecular flexibility index (Phi) is 11.8. The van der Waals surface area contributed by atoms with Gasteiger partial charge in [-0.05, 0) is 98.0 Å². The molecule has 2 fully saturated rings. The molecule has 56 heavy (non-hydrogen) atoms. The first-order valence-electron chi connectivity index (χ1n) is 19.6. The molecule has 14 nitrogen and oxygen atoms in total. The molecule has 5 aliphatic rings. The van der Waals surface area contributed by atoms with Gasteiger partial charge in [0, 0.05) is 114 Å². The van der Waals surface area contributed by atoms with Crippen molar-refractivity contribution in [3.05, 3.63) is 96.2 Å². The van der Waals surface area contributed by atoms with Crippen LogP contribution in [0, 0.1) is 0 Å². The number of thiocarbonyl (C=S) groups is 2. The number of piperazine rings is 2. The lowest BCUT2D eigenvalue weighted by molar-refractivity contribution is 0.151. The zero-order valence-electron chi connectivity index (χ0n) is 32.0. The molecule has 4 aliphatic heterocycles. The Hall–Kier alpha value is -5.03. The highest BCUT2D eigenvalue weighted by molar-refractivity contribution is 7.80. The average Bonchev–Trinajstić information content (AvgIpc) is 3.25. The van der Waals surface area contributed by atoms with E-state index in [1.807, 2.05) is 36.7 Å². The Balaban J connectivity index is 0.797. The second-order valence-corrected chi connectivity index (χ2v) is 15.6. The zero-order chi connectivity index (χ0) is 38.4. The zero-order valence-corrected chi connectivity index (χ0v) is 33.6. The summed E-state index contributed by atoms with van der Waals surface area (Å²) >= 11 is 11.6. The van der Waals surface area contributed by atoms with Gasteiger partial charge in [-0.3, -0.25) is 25.7 Å². The lowest BCUT2D eigenvalue weighted by Gasteiger charge is -2.40. The van der Waals surface area contributed by atoms with E-state index in [4.69, 9.17) is 40.3 Å². The normalized spacial score (nSPS) is 22.0. The number of nitrogens with zero attached hydrogens (tertiary/aromatic N) is 9. The molecule has 2 unspecified atom stereocenters. The summed E-state index contributed by atoms with van der Waals surface area (Å²) in [5.74, 6) is 0. The molecule has 2 saturated heterocycles. The molecule has 8 rings (SSSR count). The molecular weight excluding hydrogens is 741 g/mol. The maximum Gasteiger partial charge on any atom is 0.189 e. The Morgan fingerprint density at radius 3 is 2.39 bits per heavy atom. The van der Waals surface area contributed by atoms with Crippen LogP contribution in [0.1, 0.15) is 36.7 Å². The first-order chi connectivity index (χ1) is 27.4. The summed E-state index contributed by atoms with van der Waals surface area (Å²) in [5.41, 5.74) is 24.1. The molecule has 3 aromatic rings. The van der Waals surface area contributed by atoms with Gasteiger partial charge in [0.05, 0.1) is 35.5 Å². The van der Waals surface area contributed by atoms with Crippen LogP contribution in [-0.2, 0) is 0 Å². The number of allylic oxidation sites excluding steroid dienone is 1. The maximum absolute atomic E-state index is 5.87. The van der Waals surface area contributed by atoms with Crippen LogP contribution in [0.4, 0.5) is 22.7 Å². The number of nitrogen functional groups attached to an aromatic ring is 1. The van der Waals surface area contributed by atoms with Crippen LogP contribution < -0.4 is 42.0 Å². The van der Waals surface area contributed by atoms with E-state index < -0.39 is 0 Å². The number of nitrogens with two attached hydrogens (primary N) is 1. The summed E-state index contributed by atoms with van der Waals surface area (Å²) in [4.78, 5) is 23.4. The number of hydrazone groups is 1.